The second-order valence-corrected chi connectivity index (χ2v) is 8.06. The molecule has 0 saturated carbocycles. The fraction of sp³-hybridized carbons (Fsp3) is 0.562. The van der Waals surface area contributed by atoms with Gasteiger partial charge in [0.15, 0.2) is 9.84 Å². The van der Waals surface area contributed by atoms with Gasteiger partial charge in [-0.05, 0) is 43.2 Å². The van der Waals surface area contributed by atoms with Gasteiger partial charge in [0, 0.05) is 13.0 Å². The highest BCUT2D eigenvalue weighted by Gasteiger charge is 2.27. The first kappa shape index (κ1) is 16.0. The van der Waals surface area contributed by atoms with Crippen LogP contribution in [0.1, 0.15) is 30.4 Å². The Hall–Kier alpha value is -1.36. The monoisotopic (exact) mass is 309 g/mol. The van der Waals surface area contributed by atoms with Gasteiger partial charge in [-0.2, -0.15) is 0 Å². The molecule has 0 spiro atoms. The van der Waals surface area contributed by atoms with Gasteiger partial charge < -0.3 is 5.32 Å². The van der Waals surface area contributed by atoms with E-state index in [1.54, 1.807) is 0 Å². The second-order valence-electron chi connectivity index (χ2n) is 5.83. The number of benzene rings is 1. The first-order chi connectivity index (χ1) is 9.96. The molecule has 1 aromatic rings. The van der Waals surface area contributed by atoms with Gasteiger partial charge in [0.1, 0.15) is 0 Å². The van der Waals surface area contributed by atoms with E-state index in [1.807, 2.05) is 31.2 Å². The van der Waals surface area contributed by atoms with Gasteiger partial charge in [-0.3, -0.25) is 4.79 Å². The van der Waals surface area contributed by atoms with Crippen LogP contribution in [0.4, 0.5) is 0 Å². The number of rotatable bonds is 6. The molecule has 1 aromatic carbocycles. The number of hydrogen-bond acceptors (Lipinski definition) is 3. The molecule has 116 valence electrons. The molecule has 5 heteroatoms. The van der Waals surface area contributed by atoms with Crippen LogP contribution < -0.4 is 5.32 Å². The SMILES string of the molecule is Cc1ccccc1CCC(=O)NCCC1CCS(=O)(=O)C1. The van der Waals surface area contributed by atoms with Crippen molar-refractivity contribution in [2.24, 2.45) is 5.92 Å². The van der Waals surface area contributed by atoms with Crippen LogP contribution in [0.15, 0.2) is 24.3 Å². The normalized spacial score (nSPS) is 20.3. The molecule has 21 heavy (non-hydrogen) atoms. The Morgan fingerprint density at radius 1 is 1.33 bits per heavy atom. The summed E-state index contributed by atoms with van der Waals surface area (Å²) < 4.78 is 22.7. The smallest absolute Gasteiger partial charge is 0.220 e. The summed E-state index contributed by atoms with van der Waals surface area (Å²) in [6.45, 7) is 2.63. The van der Waals surface area contributed by atoms with Gasteiger partial charge in [0.05, 0.1) is 11.5 Å². The molecule has 1 N–H and O–H groups in total. The Morgan fingerprint density at radius 2 is 2.10 bits per heavy atom. The fourth-order valence-electron chi connectivity index (χ4n) is 2.74. The van der Waals surface area contributed by atoms with Gasteiger partial charge in [-0.15, -0.1) is 0 Å². The summed E-state index contributed by atoms with van der Waals surface area (Å²) in [6, 6.07) is 8.08. The minimum Gasteiger partial charge on any atom is -0.356 e. The van der Waals surface area contributed by atoms with Crippen LogP contribution in [-0.4, -0.2) is 32.4 Å². The van der Waals surface area contributed by atoms with E-state index < -0.39 is 9.84 Å². The molecule has 1 unspecified atom stereocenters. The van der Waals surface area contributed by atoms with Crippen LogP contribution >= 0.6 is 0 Å². The third-order valence-corrected chi connectivity index (χ3v) is 5.92. The van der Waals surface area contributed by atoms with Crippen LogP contribution in [0.5, 0.6) is 0 Å². The number of amides is 1. The third kappa shape index (κ3) is 5.16. The molecule has 1 saturated heterocycles. The Kier molecular flexibility index (Phi) is 5.39. The predicted molar refractivity (Wildman–Crippen MR) is 83.9 cm³/mol. The van der Waals surface area contributed by atoms with Gasteiger partial charge in [0.2, 0.25) is 5.91 Å². The summed E-state index contributed by atoms with van der Waals surface area (Å²) in [5, 5.41) is 2.89. The molecule has 0 aliphatic carbocycles. The predicted octanol–water partition coefficient (Wildman–Crippen LogP) is 1.87. The average Bonchev–Trinajstić information content (AvgIpc) is 2.77. The van der Waals surface area contributed by atoms with Gasteiger partial charge in [-0.25, -0.2) is 8.42 Å². The Labute approximate surface area is 126 Å². The lowest BCUT2D eigenvalue weighted by molar-refractivity contribution is -0.121. The van der Waals surface area contributed by atoms with Crippen molar-refractivity contribution in [2.45, 2.75) is 32.6 Å². The van der Waals surface area contributed by atoms with E-state index in [1.165, 1.54) is 11.1 Å². The van der Waals surface area contributed by atoms with Crippen molar-refractivity contribution in [2.75, 3.05) is 18.1 Å². The Morgan fingerprint density at radius 3 is 2.76 bits per heavy atom. The molecule has 0 aromatic heterocycles. The molecule has 1 heterocycles. The zero-order valence-electron chi connectivity index (χ0n) is 12.5. The van der Waals surface area contributed by atoms with Gasteiger partial charge >= 0.3 is 0 Å². The van der Waals surface area contributed by atoms with Crippen molar-refractivity contribution in [3.8, 4) is 0 Å². The molecule has 1 aliphatic rings. The standard InChI is InChI=1S/C16H23NO3S/c1-13-4-2-3-5-15(13)6-7-16(18)17-10-8-14-9-11-21(19,20)12-14/h2-5,14H,6-12H2,1H3,(H,17,18). The zero-order chi connectivity index (χ0) is 15.3. The van der Waals surface area contributed by atoms with Crippen molar-refractivity contribution >= 4 is 15.7 Å². The van der Waals surface area contributed by atoms with Crippen LogP contribution in [0.25, 0.3) is 0 Å². The molecule has 4 nitrogen and oxygen atoms in total. The van der Waals surface area contributed by atoms with E-state index in [4.69, 9.17) is 0 Å². The molecule has 1 aliphatic heterocycles. The quantitative estimate of drug-likeness (QED) is 0.872. The van der Waals surface area contributed by atoms with Gasteiger partial charge in [0.25, 0.3) is 0 Å². The molecular weight excluding hydrogens is 286 g/mol. The average molecular weight is 309 g/mol. The lowest BCUT2D eigenvalue weighted by Crippen LogP contribution is -2.26. The van der Waals surface area contributed by atoms with Crippen molar-refractivity contribution in [3.63, 3.8) is 0 Å². The topological polar surface area (TPSA) is 63.2 Å². The first-order valence-electron chi connectivity index (χ1n) is 7.48. The zero-order valence-corrected chi connectivity index (χ0v) is 13.3. The summed E-state index contributed by atoms with van der Waals surface area (Å²) in [7, 11) is -2.81. The highest BCUT2D eigenvalue weighted by atomic mass is 32.2. The molecule has 2 rings (SSSR count). The molecular formula is C16H23NO3S. The van der Waals surface area contributed by atoms with Crippen molar-refractivity contribution in [3.05, 3.63) is 35.4 Å². The largest absolute Gasteiger partial charge is 0.356 e. The number of sulfone groups is 1. The molecule has 0 radical (unpaired) electrons. The minimum atomic E-state index is -2.81. The lowest BCUT2D eigenvalue weighted by Gasteiger charge is -2.09. The minimum absolute atomic E-state index is 0.0408. The summed E-state index contributed by atoms with van der Waals surface area (Å²) in [5.41, 5.74) is 2.41. The maximum atomic E-state index is 11.8. The molecule has 1 fully saturated rings. The molecule has 1 atom stereocenters. The van der Waals surface area contributed by atoms with Crippen LogP contribution in [0, 0.1) is 12.8 Å². The van der Waals surface area contributed by atoms with E-state index in [0.29, 0.717) is 18.7 Å². The number of aryl methyl sites for hydroxylation is 2. The van der Waals surface area contributed by atoms with Crippen LogP contribution in [0.2, 0.25) is 0 Å². The summed E-state index contributed by atoms with van der Waals surface area (Å²) in [5.74, 6) is 0.844. The lowest BCUT2D eigenvalue weighted by atomic mass is 10.0. The Bertz CT molecular complexity index is 595. The number of nitrogens with one attached hydrogen (secondary N) is 1. The summed E-state index contributed by atoms with van der Waals surface area (Å²) in [6.07, 6.45) is 2.72. The maximum absolute atomic E-state index is 11.8. The van der Waals surface area contributed by atoms with E-state index in [2.05, 4.69) is 5.32 Å². The highest BCUT2D eigenvalue weighted by molar-refractivity contribution is 7.91. The number of hydrogen-bond donors (Lipinski definition) is 1. The molecule has 0 bridgehead atoms. The van der Waals surface area contributed by atoms with Crippen LogP contribution in [-0.2, 0) is 21.1 Å². The summed E-state index contributed by atoms with van der Waals surface area (Å²) >= 11 is 0. The molecule has 1 amide bonds. The van der Waals surface area contributed by atoms with Crippen molar-refractivity contribution in [1.82, 2.24) is 5.32 Å². The van der Waals surface area contributed by atoms with E-state index in [9.17, 15) is 13.2 Å². The van der Waals surface area contributed by atoms with E-state index in [-0.39, 0.29) is 17.6 Å². The first-order valence-corrected chi connectivity index (χ1v) is 9.30. The van der Waals surface area contributed by atoms with Crippen molar-refractivity contribution in [1.29, 1.82) is 0 Å². The summed E-state index contributed by atoms with van der Waals surface area (Å²) in [4.78, 5) is 11.8. The highest BCUT2D eigenvalue weighted by Crippen LogP contribution is 2.20. The van der Waals surface area contributed by atoms with Crippen molar-refractivity contribution < 1.29 is 13.2 Å². The Balaban J connectivity index is 1.65. The van der Waals surface area contributed by atoms with Gasteiger partial charge in [-0.1, -0.05) is 24.3 Å². The van der Waals surface area contributed by atoms with Crippen LogP contribution in [0.3, 0.4) is 0 Å². The third-order valence-electron chi connectivity index (χ3n) is 4.08. The maximum Gasteiger partial charge on any atom is 0.220 e. The number of carbonyl (C=O) groups is 1. The number of carbonyl (C=O) groups excluding carboxylic acids is 1. The van der Waals surface area contributed by atoms with E-state index in [0.717, 1.165) is 19.3 Å². The second kappa shape index (κ2) is 7.07. The fourth-order valence-corrected chi connectivity index (χ4v) is 4.65. The van der Waals surface area contributed by atoms with E-state index >= 15 is 0 Å².